The van der Waals surface area contributed by atoms with E-state index in [1.54, 1.807) is 0 Å². The van der Waals surface area contributed by atoms with Gasteiger partial charge < -0.3 is 20.5 Å². The second kappa shape index (κ2) is 7.87. The van der Waals surface area contributed by atoms with E-state index in [1.165, 1.54) is 0 Å². The molecule has 0 bridgehead atoms. The van der Waals surface area contributed by atoms with E-state index in [0.29, 0.717) is 19.6 Å². The fourth-order valence-corrected chi connectivity index (χ4v) is 2.34. The van der Waals surface area contributed by atoms with Crippen LogP contribution in [0.4, 0.5) is 4.79 Å². The van der Waals surface area contributed by atoms with Crippen molar-refractivity contribution < 1.29 is 14.6 Å². The van der Waals surface area contributed by atoms with E-state index in [4.69, 9.17) is 9.84 Å². The van der Waals surface area contributed by atoms with Gasteiger partial charge in [-0.15, -0.1) is 0 Å². The average Bonchev–Trinajstić information content (AvgIpc) is 2.97. The van der Waals surface area contributed by atoms with Crippen LogP contribution in [-0.4, -0.2) is 37.0 Å². The molecule has 1 aromatic rings. The average molecular weight is 278 g/mol. The topological polar surface area (TPSA) is 70.6 Å². The number of hydrogen-bond donors (Lipinski definition) is 3. The molecule has 1 aliphatic heterocycles. The van der Waals surface area contributed by atoms with Crippen LogP contribution in [0.15, 0.2) is 30.3 Å². The molecule has 110 valence electrons. The molecule has 2 amide bonds. The van der Waals surface area contributed by atoms with Crippen LogP contribution < -0.4 is 10.6 Å². The lowest BCUT2D eigenvalue weighted by atomic mass is 10.0. The number of carbonyl (C=O) groups is 1. The summed E-state index contributed by atoms with van der Waals surface area (Å²) in [5, 5.41) is 14.9. The zero-order chi connectivity index (χ0) is 14.2. The monoisotopic (exact) mass is 278 g/mol. The SMILES string of the molecule is O=C(NC1CCOC1)NC(CCCO)c1ccccc1. The first-order valence-electron chi connectivity index (χ1n) is 7.10. The highest BCUT2D eigenvalue weighted by molar-refractivity contribution is 5.74. The number of urea groups is 1. The van der Waals surface area contributed by atoms with Gasteiger partial charge in [-0.1, -0.05) is 30.3 Å². The predicted octanol–water partition coefficient (Wildman–Crippen LogP) is 1.59. The van der Waals surface area contributed by atoms with Crippen LogP contribution in [0, 0.1) is 0 Å². The van der Waals surface area contributed by atoms with E-state index in [-0.39, 0.29) is 24.7 Å². The summed E-state index contributed by atoms with van der Waals surface area (Å²) in [5.74, 6) is 0. The van der Waals surface area contributed by atoms with Gasteiger partial charge in [0.25, 0.3) is 0 Å². The summed E-state index contributed by atoms with van der Waals surface area (Å²) >= 11 is 0. The van der Waals surface area contributed by atoms with Crippen molar-refractivity contribution in [1.82, 2.24) is 10.6 Å². The van der Waals surface area contributed by atoms with Gasteiger partial charge in [0, 0.05) is 13.2 Å². The van der Waals surface area contributed by atoms with Gasteiger partial charge in [0.15, 0.2) is 0 Å². The summed E-state index contributed by atoms with van der Waals surface area (Å²) in [6.07, 6.45) is 2.24. The Hall–Kier alpha value is -1.59. The summed E-state index contributed by atoms with van der Waals surface area (Å²) in [6, 6.07) is 9.67. The van der Waals surface area contributed by atoms with Gasteiger partial charge in [-0.25, -0.2) is 4.79 Å². The first-order chi connectivity index (χ1) is 9.79. The molecule has 1 heterocycles. The van der Waals surface area contributed by atoms with E-state index in [1.807, 2.05) is 30.3 Å². The van der Waals surface area contributed by atoms with Crippen LogP contribution in [0.5, 0.6) is 0 Å². The Labute approximate surface area is 119 Å². The first kappa shape index (κ1) is 14.8. The Kier molecular flexibility index (Phi) is 5.83. The van der Waals surface area contributed by atoms with Crippen molar-refractivity contribution in [2.24, 2.45) is 0 Å². The van der Waals surface area contributed by atoms with Crippen LogP contribution in [-0.2, 0) is 4.74 Å². The molecule has 1 aliphatic rings. The van der Waals surface area contributed by atoms with Gasteiger partial charge in [0.2, 0.25) is 0 Å². The second-order valence-electron chi connectivity index (χ2n) is 5.01. The number of ether oxygens (including phenoxy) is 1. The number of amides is 2. The van der Waals surface area contributed by atoms with Gasteiger partial charge in [-0.2, -0.15) is 0 Å². The Bertz CT molecular complexity index is 405. The lowest BCUT2D eigenvalue weighted by Crippen LogP contribution is -2.43. The molecule has 3 N–H and O–H groups in total. The molecule has 0 aromatic heterocycles. The fourth-order valence-electron chi connectivity index (χ4n) is 2.34. The van der Waals surface area contributed by atoms with Gasteiger partial charge in [-0.3, -0.25) is 0 Å². The highest BCUT2D eigenvalue weighted by Crippen LogP contribution is 2.18. The normalized spacial score (nSPS) is 19.6. The highest BCUT2D eigenvalue weighted by atomic mass is 16.5. The Morgan fingerprint density at radius 3 is 2.85 bits per heavy atom. The Balaban J connectivity index is 1.91. The molecule has 1 aromatic carbocycles. The van der Waals surface area contributed by atoms with E-state index in [2.05, 4.69) is 10.6 Å². The maximum Gasteiger partial charge on any atom is 0.315 e. The van der Waals surface area contributed by atoms with Crippen LogP contribution in [0.2, 0.25) is 0 Å². The number of rotatable bonds is 6. The van der Waals surface area contributed by atoms with Crippen molar-refractivity contribution in [2.45, 2.75) is 31.3 Å². The largest absolute Gasteiger partial charge is 0.396 e. The quantitative estimate of drug-likeness (QED) is 0.740. The third-order valence-corrected chi connectivity index (χ3v) is 3.42. The van der Waals surface area contributed by atoms with Crippen LogP contribution in [0.3, 0.4) is 0 Å². The van der Waals surface area contributed by atoms with Crippen molar-refractivity contribution >= 4 is 6.03 Å². The van der Waals surface area contributed by atoms with Crippen LogP contribution in [0.25, 0.3) is 0 Å². The third kappa shape index (κ3) is 4.51. The molecule has 1 fully saturated rings. The summed E-state index contributed by atoms with van der Waals surface area (Å²) < 4.78 is 5.24. The van der Waals surface area contributed by atoms with Crippen LogP contribution in [0.1, 0.15) is 30.9 Å². The molecule has 5 heteroatoms. The highest BCUT2D eigenvalue weighted by Gasteiger charge is 2.20. The van der Waals surface area contributed by atoms with Gasteiger partial charge >= 0.3 is 6.03 Å². The summed E-state index contributed by atoms with van der Waals surface area (Å²) in [4.78, 5) is 12.0. The second-order valence-corrected chi connectivity index (χ2v) is 5.01. The third-order valence-electron chi connectivity index (χ3n) is 3.42. The predicted molar refractivity (Wildman–Crippen MR) is 76.4 cm³/mol. The molecule has 20 heavy (non-hydrogen) atoms. The summed E-state index contributed by atoms with van der Waals surface area (Å²) in [6.45, 7) is 1.42. The molecule has 2 rings (SSSR count). The van der Waals surface area contributed by atoms with Crippen molar-refractivity contribution in [3.05, 3.63) is 35.9 Å². The molecule has 0 spiro atoms. The van der Waals surface area contributed by atoms with Crippen molar-refractivity contribution in [2.75, 3.05) is 19.8 Å². The minimum atomic E-state index is -0.174. The summed E-state index contributed by atoms with van der Waals surface area (Å²) in [5.41, 5.74) is 1.05. The number of aliphatic hydroxyl groups is 1. The van der Waals surface area contributed by atoms with Crippen molar-refractivity contribution in [3.63, 3.8) is 0 Å². The fraction of sp³-hybridized carbons (Fsp3) is 0.533. The first-order valence-corrected chi connectivity index (χ1v) is 7.10. The number of benzene rings is 1. The minimum Gasteiger partial charge on any atom is -0.396 e. The maximum atomic E-state index is 12.0. The van der Waals surface area contributed by atoms with Crippen molar-refractivity contribution in [1.29, 1.82) is 0 Å². The summed E-state index contributed by atoms with van der Waals surface area (Å²) in [7, 11) is 0. The number of aliphatic hydroxyl groups excluding tert-OH is 1. The molecule has 0 aliphatic carbocycles. The van der Waals surface area contributed by atoms with E-state index in [9.17, 15) is 4.79 Å². The lowest BCUT2D eigenvalue weighted by molar-refractivity contribution is 0.188. The Morgan fingerprint density at radius 1 is 1.40 bits per heavy atom. The van der Waals surface area contributed by atoms with Gasteiger partial charge in [-0.05, 0) is 24.8 Å². The zero-order valence-electron chi connectivity index (χ0n) is 11.5. The number of hydrogen-bond acceptors (Lipinski definition) is 3. The van der Waals surface area contributed by atoms with E-state index in [0.717, 1.165) is 18.4 Å². The molecule has 0 saturated carbocycles. The van der Waals surface area contributed by atoms with Gasteiger partial charge in [0.05, 0.1) is 18.7 Å². The zero-order valence-corrected chi connectivity index (χ0v) is 11.5. The Morgan fingerprint density at radius 2 is 2.20 bits per heavy atom. The number of carbonyl (C=O) groups excluding carboxylic acids is 1. The molecule has 2 atom stereocenters. The van der Waals surface area contributed by atoms with Crippen LogP contribution >= 0.6 is 0 Å². The molecule has 5 nitrogen and oxygen atoms in total. The molecule has 2 unspecified atom stereocenters. The molecular weight excluding hydrogens is 256 g/mol. The minimum absolute atomic E-state index is 0.0781. The maximum absolute atomic E-state index is 12.0. The van der Waals surface area contributed by atoms with Gasteiger partial charge in [0.1, 0.15) is 0 Å². The molecular formula is C15H22N2O3. The van der Waals surface area contributed by atoms with E-state index >= 15 is 0 Å². The standard InChI is InChI=1S/C15H22N2O3/c18-9-4-7-14(12-5-2-1-3-6-12)17-15(19)16-13-8-10-20-11-13/h1-3,5-6,13-14,18H,4,7-11H2,(H2,16,17,19). The molecule has 0 radical (unpaired) electrons. The molecule has 1 saturated heterocycles. The van der Waals surface area contributed by atoms with Crippen molar-refractivity contribution in [3.8, 4) is 0 Å². The smallest absolute Gasteiger partial charge is 0.315 e. The lowest BCUT2D eigenvalue weighted by Gasteiger charge is -2.20. The van der Waals surface area contributed by atoms with E-state index < -0.39 is 0 Å². The number of nitrogens with one attached hydrogen (secondary N) is 2.